The van der Waals surface area contributed by atoms with E-state index in [0.717, 1.165) is 6.07 Å². The molecule has 0 fully saturated rings. The molecule has 0 saturated carbocycles. The molecule has 1 aliphatic rings. The average Bonchev–Trinajstić information content (AvgIpc) is 3.18. The quantitative estimate of drug-likeness (QED) is 0.469. The fourth-order valence-corrected chi connectivity index (χ4v) is 3.98. The van der Waals surface area contributed by atoms with Gasteiger partial charge in [-0.05, 0) is 30.3 Å². The molecule has 160 valence electrons. The molecule has 0 bridgehead atoms. The number of aliphatic imine (C=N–C) groups is 1. The van der Waals surface area contributed by atoms with Gasteiger partial charge >= 0.3 is 6.18 Å². The molecule has 31 heavy (non-hydrogen) atoms. The SMILES string of the molecule is OC(c1c(-c2ccc(Cl)cc2Cl)noc1-c1ccccc1C(F)(F)F)C1C=CC=NC1. The number of dihydropyridines is 1. The largest absolute Gasteiger partial charge is 0.417 e. The Balaban J connectivity index is 1.94. The predicted molar refractivity (Wildman–Crippen MR) is 113 cm³/mol. The molecule has 0 radical (unpaired) electrons. The number of aliphatic hydroxyl groups is 1. The highest BCUT2D eigenvalue weighted by molar-refractivity contribution is 6.36. The fourth-order valence-electron chi connectivity index (χ4n) is 3.49. The number of rotatable bonds is 4. The first-order valence-corrected chi connectivity index (χ1v) is 9.99. The van der Waals surface area contributed by atoms with Crippen LogP contribution in [0.2, 0.25) is 10.0 Å². The predicted octanol–water partition coefficient (Wildman–Crippen LogP) is 6.62. The zero-order chi connectivity index (χ0) is 22.2. The lowest BCUT2D eigenvalue weighted by Crippen LogP contribution is -2.17. The van der Waals surface area contributed by atoms with E-state index in [-0.39, 0.29) is 34.1 Å². The van der Waals surface area contributed by atoms with Gasteiger partial charge in [-0.25, -0.2) is 0 Å². The maximum atomic E-state index is 13.7. The lowest BCUT2D eigenvalue weighted by Gasteiger charge is -2.21. The normalized spacial score (nSPS) is 17.2. The van der Waals surface area contributed by atoms with Gasteiger partial charge in [0.25, 0.3) is 0 Å². The smallest absolute Gasteiger partial charge is 0.387 e. The van der Waals surface area contributed by atoms with E-state index in [1.165, 1.54) is 24.3 Å². The van der Waals surface area contributed by atoms with Crippen molar-refractivity contribution in [2.45, 2.75) is 12.3 Å². The highest BCUT2D eigenvalue weighted by atomic mass is 35.5. The number of hydrogen-bond acceptors (Lipinski definition) is 4. The highest BCUT2D eigenvalue weighted by Crippen LogP contribution is 2.45. The molecule has 0 amide bonds. The first-order chi connectivity index (χ1) is 14.8. The van der Waals surface area contributed by atoms with Crippen molar-refractivity contribution in [1.29, 1.82) is 0 Å². The zero-order valence-corrected chi connectivity index (χ0v) is 17.3. The number of nitrogens with zero attached hydrogens (tertiary/aromatic N) is 2. The molecule has 4 rings (SSSR count). The van der Waals surface area contributed by atoms with Crippen LogP contribution in [0.15, 0.2) is 64.1 Å². The van der Waals surface area contributed by atoms with Crippen molar-refractivity contribution >= 4 is 29.4 Å². The first-order valence-electron chi connectivity index (χ1n) is 9.23. The van der Waals surface area contributed by atoms with E-state index in [0.29, 0.717) is 10.6 Å². The number of allylic oxidation sites excluding steroid dienone is 1. The number of aliphatic hydroxyl groups excluding tert-OH is 1. The average molecular weight is 467 g/mol. The van der Waals surface area contributed by atoms with Gasteiger partial charge in [0.1, 0.15) is 5.69 Å². The summed E-state index contributed by atoms with van der Waals surface area (Å²) >= 11 is 12.3. The number of hydrogen-bond donors (Lipinski definition) is 1. The second-order valence-electron chi connectivity index (χ2n) is 6.95. The van der Waals surface area contributed by atoms with Crippen molar-refractivity contribution in [1.82, 2.24) is 5.16 Å². The van der Waals surface area contributed by atoms with Gasteiger partial charge in [0.2, 0.25) is 0 Å². The van der Waals surface area contributed by atoms with Crippen LogP contribution in [-0.2, 0) is 6.18 Å². The van der Waals surface area contributed by atoms with Crippen molar-refractivity contribution in [2.24, 2.45) is 10.9 Å². The lowest BCUT2D eigenvalue weighted by molar-refractivity contribution is -0.137. The van der Waals surface area contributed by atoms with E-state index in [1.54, 1.807) is 30.5 Å². The summed E-state index contributed by atoms with van der Waals surface area (Å²) in [5.41, 5.74) is -0.499. The van der Waals surface area contributed by atoms with Crippen molar-refractivity contribution in [3.63, 3.8) is 0 Å². The van der Waals surface area contributed by atoms with E-state index in [9.17, 15) is 18.3 Å². The topological polar surface area (TPSA) is 58.6 Å². The number of alkyl halides is 3. The van der Waals surface area contributed by atoms with E-state index >= 15 is 0 Å². The molecule has 2 atom stereocenters. The summed E-state index contributed by atoms with van der Waals surface area (Å²) in [5.74, 6) is -0.657. The molecule has 2 unspecified atom stereocenters. The molecule has 4 nitrogen and oxygen atoms in total. The highest BCUT2D eigenvalue weighted by Gasteiger charge is 2.37. The maximum absolute atomic E-state index is 13.7. The minimum atomic E-state index is -4.63. The van der Waals surface area contributed by atoms with E-state index in [1.807, 2.05) is 0 Å². The van der Waals surface area contributed by atoms with Gasteiger partial charge in [0.05, 0.1) is 22.3 Å². The third-order valence-corrected chi connectivity index (χ3v) is 5.51. The molecular weight excluding hydrogens is 452 g/mol. The van der Waals surface area contributed by atoms with Crippen LogP contribution in [0.4, 0.5) is 13.2 Å². The van der Waals surface area contributed by atoms with Crippen LogP contribution >= 0.6 is 23.2 Å². The molecule has 1 aliphatic heterocycles. The molecule has 0 spiro atoms. The Hall–Kier alpha value is -2.61. The van der Waals surface area contributed by atoms with Gasteiger partial charge in [-0.15, -0.1) is 0 Å². The Labute approximate surface area is 185 Å². The standard InChI is InChI=1S/C22H15Cl2F3N2O2/c23-13-7-8-15(17(24)10-13)19-18(20(30)12-4-3-9-28-11-12)21(31-29-19)14-5-1-2-6-16(14)22(25,26)27/h1-10,12,20,30H,11H2. The summed E-state index contributed by atoms with van der Waals surface area (Å²) in [7, 11) is 0. The van der Waals surface area contributed by atoms with Crippen LogP contribution in [0, 0.1) is 5.92 Å². The van der Waals surface area contributed by atoms with Crippen molar-refractivity contribution in [3.05, 3.63) is 75.8 Å². The summed E-state index contributed by atoms with van der Waals surface area (Å²) < 4.78 is 46.4. The summed E-state index contributed by atoms with van der Waals surface area (Å²) in [6, 6.07) is 9.61. The molecule has 2 heterocycles. The molecular formula is C22H15Cl2F3N2O2. The molecule has 1 N–H and O–H groups in total. The van der Waals surface area contributed by atoms with Gasteiger partial charge in [-0.3, -0.25) is 4.99 Å². The third kappa shape index (κ3) is 4.26. The Morgan fingerprint density at radius 2 is 1.87 bits per heavy atom. The van der Waals surface area contributed by atoms with Crippen LogP contribution in [0.1, 0.15) is 17.2 Å². The summed E-state index contributed by atoms with van der Waals surface area (Å²) in [6.07, 6.45) is -0.870. The Morgan fingerprint density at radius 1 is 1.10 bits per heavy atom. The van der Waals surface area contributed by atoms with Gasteiger partial charge < -0.3 is 9.63 Å². The molecule has 9 heteroatoms. The van der Waals surface area contributed by atoms with Crippen LogP contribution < -0.4 is 0 Å². The summed E-state index contributed by atoms with van der Waals surface area (Å²) in [6.45, 7) is 0.261. The van der Waals surface area contributed by atoms with E-state index in [4.69, 9.17) is 27.7 Å². The van der Waals surface area contributed by atoms with Crippen LogP contribution in [0.5, 0.6) is 0 Å². The van der Waals surface area contributed by atoms with Crippen LogP contribution in [0.25, 0.3) is 22.6 Å². The second-order valence-corrected chi connectivity index (χ2v) is 7.79. The van der Waals surface area contributed by atoms with Crippen LogP contribution in [0.3, 0.4) is 0 Å². The summed E-state index contributed by atoms with van der Waals surface area (Å²) in [5, 5.41) is 15.8. The number of halogens is 5. The Kier molecular flexibility index (Phi) is 5.92. The van der Waals surface area contributed by atoms with E-state index < -0.39 is 23.8 Å². The summed E-state index contributed by atoms with van der Waals surface area (Å²) in [4.78, 5) is 4.13. The number of aromatic nitrogens is 1. The molecule has 0 aliphatic carbocycles. The number of benzene rings is 2. The Morgan fingerprint density at radius 3 is 2.55 bits per heavy atom. The molecule has 0 saturated heterocycles. The molecule has 3 aromatic rings. The van der Waals surface area contributed by atoms with Gasteiger partial charge in [0.15, 0.2) is 5.76 Å². The van der Waals surface area contributed by atoms with Crippen molar-refractivity contribution < 1.29 is 22.8 Å². The van der Waals surface area contributed by atoms with Crippen LogP contribution in [-0.4, -0.2) is 23.0 Å². The lowest BCUT2D eigenvalue weighted by atomic mass is 9.88. The third-order valence-electron chi connectivity index (χ3n) is 4.96. The first kappa shape index (κ1) is 21.6. The zero-order valence-electron chi connectivity index (χ0n) is 15.8. The minimum Gasteiger partial charge on any atom is -0.387 e. The fraction of sp³-hybridized carbons (Fsp3) is 0.182. The monoisotopic (exact) mass is 466 g/mol. The molecule has 1 aromatic heterocycles. The van der Waals surface area contributed by atoms with Gasteiger partial charge in [-0.2, -0.15) is 13.2 Å². The van der Waals surface area contributed by atoms with Gasteiger partial charge in [0, 0.05) is 34.8 Å². The van der Waals surface area contributed by atoms with E-state index in [2.05, 4.69) is 10.1 Å². The molecule has 2 aromatic carbocycles. The second kappa shape index (κ2) is 8.49. The minimum absolute atomic E-state index is 0.104. The van der Waals surface area contributed by atoms with Crippen molar-refractivity contribution in [2.75, 3.05) is 6.54 Å². The van der Waals surface area contributed by atoms with Crippen molar-refractivity contribution in [3.8, 4) is 22.6 Å². The maximum Gasteiger partial charge on any atom is 0.417 e. The van der Waals surface area contributed by atoms with Gasteiger partial charge in [-0.1, -0.05) is 52.6 Å². The Bertz CT molecular complexity index is 1170.